The Labute approximate surface area is 180 Å². The molecule has 1 N–H and O–H groups in total. The van der Waals surface area contributed by atoms with E-state index in [0.717, 1.165) is 10.9 Å². The quantitative estimate of drug-likeness (QED) is 0.486. The molecule has 0 amide bonds. The van der Waals surface area contributed by atoms with Crippen molar-refractivity contribution in [2.45, 2.75) is 33.0 Å². The normalized spacial score (nSPS) is 11.5. The molecule has 0 bridgehead atoms. The number of H-pyrrole nitrogens is 1. The molecule has 158 valence electrons. The minimum atomic E-state index is -0.659. The van der Waals surface area contributed by atoms with Crippen LogP contribution in [0.15, 0.2) is 77.6 Å². The van der Waals surface area contributed by atoms with Crippen LogP contribution in [0.1, 0.15) is 26.3 Å². The van der Waals surface area contributed by atoms with Crippen molar-refractivity contribution < 1.29 is 14.3 Å². The van der Waals surface area contributed by atoms with E-state index < -0.39 is 11.7 Å². The number of rotatable bonds is 4. The first-order chi connectivity index (χ1) is 14.8. The Kier molecular flexibility index (Phi) is 5.38. The van der Waals surface area contributed by atoms with Gasteiger partial charge in [-0.05, 0) is 56.7 Å². The average Bonchev–Trinajstić information content (AvgIpc) is 3.11. The van der Waals surface area contributed by atoms with Crippen LogP contribution in [0.3, 0.4) is 0 Å². The van der Waals surface area contributed by atoms with Crippen molar-refractivity contribution in [3.8, 4) is 17.1 Å². The topological polar surface area (TPSA) is 73.3 Å². The molecule has 0 unspecified atom stereocenters. The highest BCUT2D eigenvalue weighted by Crippen LogP contribution is 2.30. The second-order valence-electron chi connectivity index (χ2n) is 8.27. The number of hydrogen-bond donors (Lipinski definition) is 1. The predicted octanol–water partition coefficient (Wildman–Crippen LogP) is 5.36. The first-order valence-corrected chi connectivity index (χ1v) is 10.1. The Bertz CT molecular complexity index is 1280. The molecule has 0 aliphatic rings. The predicted molar refractivity (Wildman–Crippen MR) is 120 cm³/mol. The van der Waals surface area contributed by atoms with Crippen LogP contribution in [0.25, 0.3) is 22.3 Å². The number of nitrogens with zero attached hydrogens (tertiary/aromatic N) is 1. The number of ether oxygens (including phenoxy) is 2. The Balaban J connectivity index is 1.76. The van der Waals surface area contributed by atoms with E-state index in [0.29, 0.717) is 29.3 Å². The molecule has 2 heterocycles. The maximum absolute atomic E-state index is 13.0. The van der Waals surface area contributed by atoms with Crippen LogP contribution >= 0.6 is 0 Å². The fraction of sp³-hybridized carbons (Fsp3) is 0.200. The van der Waals surface area contributed by atoms with Crippen molar-refractivity contribution in [1.82, 2.24) is 9.55 Å². The molecular weight excluding hydrogens is 392 g/mol. The lowest BCUT2D eigenvalue weighted by Crippen LogP contribution is -2.27. The van der Waals surface area contributed by atoms with Crippen molar-refractivity contribution in [3.05, 3.63) is 88.7 Å². The second-order valence-corrected chi connectivity index (χ2v) is 8.27. The van der Waals surface area contributed by atoms with Crippen LogP contribution in [-0.4, -0.2) is 21.2 Å². The van der Waals surface area contributed by atoms with Crippen molar-refractivity contribution in [1.29, 1.82) is 0 Å². The molecule has 0 aliphatic heterocycles. The van der Waals surface area contributed by atoms with E-state index in [1.807, 2.05) is 75.4 Å². The van der Waals surface area contributed by atoms with Crippen molar-refractivity contribution in [2.24, 2.45) is 0 Å². The summed E-state index contributed by atoms with van der Waals surface area (Å²) in [6, 6.07) is 22.1. The third-order valence-electron chi connectivity index (χ3n) is 4.64. The fourth-order valence-corrected chi connectivity index (χ4v) is 3.32. The summed E-state index contributed by atoms with van der Waals surface area (Å²) in [5.41, 5.74) is 1.90. The number of aromatic amines is 1. The van der Waals surface area contributed by atoms with Gasteiger partial charge in [-0.15, -0.1) is 0 Å². The molecule has 2 aromatic carbocycles. The number of benzene rings is 2. The Morgan fingerprint density at radius 1 is 0.968 bits per heavy atom. The maximum Gasteiger partial charge on any atom is 0.419 e. The van der Waals surface area contributed by atoms with Gasteiger partial charge < -0.3 is 14.5 Å². The summed E-state index contributed by atoms with van der Waals surface area (Å²) in [6.07, 6.45) is -0.514. The molecule has 6 nitrogen and oxygen atoms in total. The Morgan fingerprint density at radius 2 is 1.74 bits per heavy atom. The van der Waals surface area contributed by atoms with Gasteiger partial charge in [-0.25, -0.2) is 9.36 Å². The number of nitrogens with one attached hydrogen (secondary N) is 1. The summed E-state index contributed by atoms with van der Waals surface area (Å²) in [7, 11) is 0. The van der Waals surface area contributed by atoms with Crippen LogP contribution in [-0.2, 0) is 11.3 Å². The van der Waals surface area contributed by atoms with Gasteiger partial charge in [0.25, 0.3) is 0 Å². The summed E-state index contributed by atoms with van der Waals surface area (Å²) in [6.45, 7) is 5.89. The molecule has 0 radical (unpaired) electrons. The number of aromatic nitrogens is 2. The number of carbonyl (C=O) groups is 1. The van der Waals surface area contributed by atoms with Gasteiger partial charge in [-0.1, -0.05) is 36.4 Å². The average molecular weight is 416 g/mol. The summed E-state index contributed by atoms with van der Waals surface area (Å²) < 4.78 is 13.0. The summed E-state index contributed by atoms with van der Waals surface area (Å²) >= 11 is 0. The first-order valence-electron chi connectivity index (χ1n) is 10.1. The molecular formula is C25H24N2O4. The summed E-state index contributed by atoms with van der Waals surface area (Å²) in [5.74, 6) is 0.686. The highest BCUT2D eigenvalue weighted by atomic mass is 16.6. The number of fused-ring (bicyclic) bond motifs is 1. The van der Waals surface area contributed by atoms with Gasteiger partial charge in [-0.2, -0.15) is 0 Å². The Hall–Kier alpha value is -3.80. The minimum absolute atomic E-state index is 0.245. The van der Waals surface area contributed by atoms with E-state index in [9.17, 15) is 9.59 Å². The highest BCUT2D eigenvalue weighted by Gasteiger charge is 2.23. The van der Waals surface area contributed by atoms with Crippen molar-refractivity contribution in [3.63, 3.8) is 0 Å². The molecule has 0 saturated heterocycles. The van der Waals surface area contributed by atoms with E-state index in [4.69, 9.17) is 9.47 Å². The molecule has 0 fully saturated rings. The maximum atomic E-state index is 13.0. The van der Waals surface area contributed by atoms with Crippen LogP contribution < -0.4 is 10.3 Å². The van der Waals surface area contributed by atoms with Crippen LogP contribution in [0.2, 0.25) is 0 Å². The molecule has 0 saturated carbocycles. The van der Waals surface area contributed by atoms with Crippen LogP contribution in [0.4, 0.5) is 4.79 Å². The lowest BCUT2D eigenvalue weighted by atomic mass is 10.2. The summed E-state index contributed by atoms with van der Waals surface area (Å²) in [5, 5.41) is 0.802. The zero-order valence-corrected chi connectivity index (χ0v) is 17.7. The summed E-state index contributed by atoms with van der Waals surface area (Å²) in [4.78, 5) is 27.7. The zero-order chi connectivity index (χ0) is 22.0. The van der Waals surface area contributed by atoms with E-state index in [2.05, 4.69) is 4.98 Å². The van der Waals surface area contributed by atoms with Crippen molar-refractivity contribution >= 4 is 17.0 Å². The van der Waals surface area contributed by atoms with Gasteiger partial charge in [0.05, 0.1) is 16.9 Å². The van der Waals surface area contributed by atoms with Crippen molar-refractivity contribution in [2.75, 3.05) is 0 Å². The van der Waals surface area contributed by atoms with E-state index in [1.54, 1.807) is 12.1 Å². The monoisotopic (exact) mass is 416 g/mol. The minimum Gasteiger partial charge on any atom is -0.489 e. The van der Waals surface area contributed by atoms with E-state index >= 15 is 0 Å². The largest absolute Gasteiger partial charge is 0.489 e. The molecule has 4 rings (SSSR count). The van der Waals surface area contributed by atoms with E-state index in [-0.39, 0.29) is 5.56 Å². The number of hydrogen-bond acceptors (Lipinski definition) is 4. The molecule has 6 heteroatoms. The highest BCUT2D eigenvalue weighted by molar-refractivity contribution is 5.96. The van der Waals surface area contributed by atoms with Gasteiger partial charge in [-0.3, -0.25) is 4.79 Å². The van der Waals surface area contributed by atoms with Gasteiger partial charge >= 0.3 is 6.09 Å². The molecule has 4 aromatic rings. The lowest BCUT2D eigenvalue weighted by Gasteiger charge is -2.21. The molecule has 2 aromatic heterocycles. The second kappa shape index (κ2) is 8.14. The van der Waals surface area contributed by atoms with Crippen LogP contribution in [0, 0.1) is 0 Å². The Morgan fingerprint density at radius 3 is 2.45 bits per heavy atom. The lowest BCUT2D eigenvalue weighted by molar-refractivity contribution is 0.0547. The van der Waals surface area contributed by atoms with Gasteiger partial charge in [0.15, 0.2) is 0 Å². The van der Waals surface area contributed by atoms with Gasteiger partial charge in [0.1, 0.15) is 18.0 Å². The standard InChI is InChI=1S/C25H24N2O4/c1-25(2,3)31-24(29)27-21-13-12-19(30-16-17-8-5-4-6-9-17)14-18(21)15-22(27)20-10-7-11-23(28)26-20/h4-15H,16H2,1-3H3,(H,26,28). The molecule has 31 heavy (non-hydrogen) atoms. The smallest absolute Gasteiger partial charge is 0.419 e. The fourth-order valence-electron chi connectivity index (χ4n) is 3.32. The molecule has 0 spiro atoms. The van der Waals surface area contributed by atoms with E-state index in [1.165, 1.54) is 10.6 Å². The zero-order valence-electron chi connectivity index (χ0n) is 17.7. The van der Waals surface area contributed by atoms with Gasteiger partial charge in [0, 0.05) is 11.5 Å². The van der Waals surface area contributed by atoms with Crippen LogP contribution in [0.5, 0.6) is 5.75 Å². The third kappa shape index (κ3) is 4.69. The third-order valence-corrected chi connectivity index (χ3v) is 4.64. The number of pyridine rings is 1. The molecule has 0 atom stereocenters. The SMILES string of the molecule is CC(C)(C)OC(=O)n1c(-c2cccc(=O)[nH]2)cc2cc(OCc3ccccc3)ccc21. The number of carbonyl (C=O) groups excluding carboxylic acids is 1. The first kappa shape index (κ1) is 20.5. The van der Waals surface area contributed by atoms with Gasteiger partial charge in [0.2, 0.25) is 5.56 Å². The molecule has 0 aliphatic carbocycles.